The maximum absolute atomic E-state index is 12.1. The van der Waals surface area contributed by atoms with Crippen LogP contribution >= 0.6 is 11.6 Å². The van der Waals surface area contributed by atoms with Gasteiger partial charge in [-0.05, 0) is 24.6 Å². The summed E-state index contributed by atoms with van der Waals surface area (Å²) < 4.78 is 0. The Labute approximate surface area is 155 Å². The van der Waals surface area contributed by atoms with E-state index in [1.54, 1.807) is 6.07 Å². The van der Waals surface area contributed by atoms with E-state index in [-0.39, 0.29) is 17.7 Å². The SMILES string of the molecule is CCCCC(=O)Nc1ccc(N2CCN(C(=O)C(C)C)CC2)c(Cl)c1. The fourth-order valence-corrected chi connectivity index (χ4v) is 3.23. The van der Waals surface area contributed by atoms with Crippen LogP contribution in [0.5, 0.6) is 0 Å². The van der Waals surface area contributed by atoms with Gasteiger partial charge in [-0.15, -0.1) is 0 Å². The van der Waals surface area contributed by atoms with Gasteiger partial charge in [-0.25, -0.2) is 0 Å². The molecule has 0 aliphatic carbocycles. The highest BCUT2D eigenvalue weighted by molar-refractivity contribution is 6.33. The predicted octanol–water partition coefficient (Wildman–Crippen LogP) is 3.77. The first-order chi connectivity index (χ1) is 11.9. The topological polar surface area (TPSA) is 52.7 Å². The number of rotatable bonds is 6. The first-order valence-electron chi connectivity index (χ1n) is 9.05. The van der Waals surface area contributed by atoms with Crippen molar-refractivity contribution in [3.05, 3.63) is 23.2 Å². The highest BCUT2D eigenvalue weighted by Crippen LogP contribution is 2.30. The number of hydrogen-bond donors (Lipinski definition) is 1. The zero-order chi connectivity index (χ0) is 18.4. The second-order valence-corrected chi connectivity index (χ2v) is 7.19. The number of amides is 2. The van der Waals surface area contributed by atoms with Gasteiger partial charge in [0.25, 0.3) is 0 Å². The molecule has 0 aromatic heterocycles. The van der Waals surface area contributed by atoms with Gasteiger partial charge in [0.1, 0.15) is 0 Å². The normalized spacial score (nSPS) is 14.8. The summed E-state index contributed by atoms with van der Waals surface area (Å²) >= 11 is 6.43. The number of halogens is 1. The molecule has 1 fully saturated rings. The van der Waals surface area contributed by atoms with Crippen molar-refractivity contribution in [3.63, 3.8) is 0 Å². The number of hydrogen-bond acceptors (Lipinski definition) is 3. The zero-order valence-electron chi connectivity index (χ0n) is 15.3. The molecule has 138 valence electrons. The van der Waals surface area contributed by atoms with E-state index in [9.17, 15) is 9.59 Å². The third-order valence-electron chi connectivity index (χ3n) is 4.41. The van der Waals surface area contributed by atoms with Gasteiger partial charge in [0.2, 0.25) is 11.8 Å². The molecule has 2 rings (SSSR count). The molecule has 0 unspecified atom stereocenters. The van der Waals surface area contributed by atoms with E-state index in [1.165, 1.54) is 0 Å². The van der Waals surface area contributed by atoms with Crippen LogP contribution in [0.2, 0.25) is 5.02 Å². The Balaban J connectivity index is 1.95. The predicted molar refractivity (Wildman–Crippen MR) is 103 cm³/mol. The second kappa shape index (κ2) is 9.09. The van der Waals surface area contributed by atoms with Crippen molar-refractivity contribution in [1.29, 1.82) is 0 Å². The standard InChI is InChI=1S/C19H28ClN3O2/c1-4-5-6-18(24)21-15-7-8-17(16(20)13-15)22-9-11-23(12-10-22)19(25)14(2)3/h7-8,13-14H,4-6,9-12H2,1-3H3,(H,21,24). The Hall–Kier alpha value is -1.75. The summed E-state index contributed by atoms with van der Waals surface area (Å²) in [6, 6.07) is 5.63. The molecular weight excluding hydrogens is 338 g/mol. The summed E-state index contributed by atoms with van der Waals surface area (Å²) in [6.45, 7) is 8.87. The maximum atomic E-state index is 12.1. The molecule has 0 radical (unpaired) electrons. The van der Waals surface area contributed by atoms with Crippen molar-refractivity contribution in [2.24, 2.45) is 5.92 Å². The Kier molecular flexibility index (Phi) is 7.12. The molecule has 1 saturated heterocycles. The fraction of sp³-hybridized carbons (Fsp3) is 0.579. The highest BCUT2D eigenvalue weighted by atomic mass is 35.5. The van der Waals surface area contributed by atoms with Crippen LogP contribution in [0, 0.1) is 5.92 Å². The van der Waals surface area contributed by atoms with E-state index in [2.05, 4.69) is 17.1 Å². The lowest BCUT2D eigenvalue weighted by Crippen LogP contribution is -2.50. The van der Waals surface area contributed by atoms with E-state index < -0.39 is 0 Å². The van der Waals surface area contributed by atoms with Crippen LogP contribution in [-0.2, 0) is 9.59 Å². The van der Waals surface area contributed by atoms with Gasteiger partial charge in [-0.2, -0.15) is 0 Å². The molecule has 25 heavy (non-hydrogen) atoms. The van der Waals surface area contributed by atoms with Crippen LogP contribution in [0.25, 0.3) is 0 Å². The van der Waals surface area contributed by atoms with Crippen LogP contribution in [0.3, 0.4) is 0 Å². The van der Waals surface area contributed by atoms with E-state index >= 15 is 0 Å². The minimum atomic E-state index is 0.0199. The van der Waals surface area contributed by atoms with Crippen molar-refractivity contribution >= 4 is 34.8 Å². The molecule has 0 saturated carbocycles. The van der Waals surface area contributed by atoms with Crippen molar-refractivity contribution in [2.45, 2.75) is 40.0 Å². The molecule has 0 atom stereocenters. The Bertz CT molecular complexity index is 611. The van der Waals surface area contributed by atoms with E-state index in [4.69, 9.17) is 11.6 Å². The minimum absolute atomic E-state index is 0.0199. The summed E-state index contributed by atoms with van der Waals surface area (Å²) in [4.78, 5) is 28.0. The average molecular weight is 366 g/mol. The largest absolute Gasteiger partial charge is 0.367 e. The van der Waals surface area contributed by atoms with Crippen molar-refractivity contribution in [1.82, 2.24) is 4.90 Å². The van der Waals surface area contributed by atoms with E-state index in [1.807, 2.05) is 30.9 Å². The number of benzene rings is 1. The molecule has 1 aliphatic heterocycles. The number of carbonyl (C=O) groups is 2. The van der Waals surface area contributed by atoms with Gasteiger partial charge in [0.15, 0.2) is 0 Å². The highest BCUT2D eigenvalue weighted by Gasteiger charge is 2.23. The quantitative estimate of drug-likeness (QED) is 0.834. The Morgan fingerprint density at radius 1 is 1.20 bits per heavy atom. The van der Waals surface area contributed by atoms with Crippen LogP contribution in [0.4, 0.5) is 11.4 Å². The first kappa shape index (κ1) is 19.6. The van der Waals surface area contributed by atoms with Crippen molar-refractivity contribution < 1.29 is 9.59 Å². The smallest absolute Gasteiger partial charge is 0.225 e. The number of unbranched alkanes of at least 4 members (excludes halogenated alkanes) is 1. The molecule has 1 aromatic carbocycles. The lowest BCUT2D eigenvalue weighted by atomic mass is 10.1. The Morgan fingerprint density at radius 2 is 1.88 bits per heavy atom. The van der Waals surface area contributed by atoms with Gasteiger partial charge in [-0.1, -0.05) is 38.8 Å². The van der Waals surface area contributed by atoms with Gasteiger partial charge in [-0.3, -0.25) is 9.59 Å². The molecule has 2 amide bonds. The summed E-state index contributed by atoms with van der Waals surface area (Å²) in [5, 5.41) is 3.51. The molecule has 1 aromatic rings. The molecule has 0 bridgehead atoms. The second-order valence-electron chi connectivity index (χ2n) is 6.78. The molecule has 6 heteroatoms. The van der Waals surface area contributed by atoms with Gasteiger partial charge >= 0.3 is 0 Å². The first-order valence-corrected chi connectivity index (χ1v) is 9.43. The van der Waals surface area contributed by atoms with Gasteiger partial charge in [0.05, 0.1) is 10.7 Å². The number of piperazine rings is 1. The van der Waals surface area contributed by atoms with Crippen LogP contribution in [-0.4, -0.2) is 42.9 Å². The molecule has 1 N–H and O–H groups in total. The van der Waals surface area contributed by atoms with E-state index in [0.29, 0.717) is 24.5 Å². The van der Waals surface area contributed by atoms with Crippen LogP contribution in [0.1, 0.15) is 40.0 Å². The van der Waals surface area contributed by atoms with Gasteiger partial charge < -0.3 is 15.1 Å². The maximum Gasteiger partial charge on any atom is 0.225 e. The fourth-order valence-electron chi connectivity index (χ4n) is 2.93. The molecule has 5 nitrogen and oxygen atoms in total. The number of carbonyl (C=O) groups excluding carboxylic acids is 2. The summed E-state index contributed by atoms with van der Waals surface area (Å²) in [7, 11) is 0. The van der Waals surface area contributed by atoms with E-state index in [0.717, 1.165) is 37.3 Å². The molecule has 0 spiro atoms. The molecule has 1 heterocycles. The monoisotopic (exact) mass is 365 g/mol. The third kappa shape index (κ3) is 5.36. The van der Waals surface area contributed by atoms with Crippen molar-refractivity contribution in [2.75, 3.05) is 36.4 Å². The molecule has 1 aliphatic rings. The number of nitrogens with one attached hydrogen (secondary N) is 1. The zero-order valence-corrected chi connectivity index (χ0v) is 16.1. The van der Waals surface area contributed by atoms with Crippen LogP contribution in [0.15, 0.2) is 18.2 Å². The number of nitrogens with zero attached hydrogens (tertiary/aromatic N) is 2. The van der Waals surface area contributed by atoms with Crippen molar-refractivity contribution in [3.8, 4) is 0 Å². The average Bonchev–Trinajstić information content (AvgIpc) is 2.59. The molecular formula is C19H28ClN3O2. The third-order valence-corrected chi connectivity index (χ3v) is 4.72. The summed E-state index contributed by atoms with van der Waals surface area (Å²) in [6.07, 6.45) is 2.41. The lowest BCUT2D eigenvalue weighted by Gasteiger charge is -2.37. The lowest BCUT2D eigenvalue weighted by molar-refractivity contribution is -0.134. The summed E-state index contributed by atoms with van der Waals surface area (Å²) in [5.41, 5.74) is 1.67. The number of anilines is 2. The minimum Gasteiger partial charge on any atom is -0.367 e. The van der Waals surface area contributed by atoms with Crippen LogP contribution < -0.4 is 10.2 Å². The summed E-state index contributed by atoms with van der Waals surface area (Å²) in [5.74, 6) is 0.258. The Morgan fingerprint density at radius 3 is 2.44 bits per heavy atom. The van der Waals surface area contributed by atoms with Gasteiger partial charge in [0, 0.05) is 44.2 Å².